The molecule has 5 aliphatic carbocycles. The molecule has 13 heteroatoms. The third-order valence-electron chi connectivity index (χ3n) is 15.1. The second-order valence-corrected chi connectivity index (χ2v) is 18.7. The molecule has 4 saturated carbocycles. The first kappa shape index (κ1) is 37.7. The van der Waals surface area contributed by atoms with Gasteiger partial charge in [0.1, 0.15) is 11.5 Å². The van der Waals surface area contributed by atoms with Gasteiger partial charge in [-0.15, -0.1) is 0 Å². The lowest BCUT2D eigenvalue weighted by atomic mass is 9.33. The van der Waals surface area contributed by atoms with Gasteiger partial charge in [-0.3, -0.25) is 19.2 Å². The molecule has 1 aromatic heterocycles. The van der Waals surface area contributed by atoms with Gasteiger partial charge in [-0.2, -0.15) is 0 Å². The van der Waals surface area contributed by atoms with Gasteiger partial charge in [0.25, 0.3) is 0 Å². The average molecular weight is 733 g/mol. The Morgan fingerprint density at radius 3 is 2.27 bits per heavy atom. The van der Waals surface area contributed by atoms with Crippen molar-refractivity contribution >= 4 is 34.8 Å². The first-order valence-electron chi connectivity index (χ1n) is 18.2. The number of carboxylic acids is 1. The number of carbonyl (C=O) groups excluding carboxylic acids is 3. The second kappa shape index (κ2) is 12.5. The highest BCUT2D eigenvalue weighted by molar-refractivity contribution is 7.79. The molecule has 5 aliphatic rings. The molecular formula is C38H52O12S. The highest BCUT2D eigenvalue weighted by Crippen LogP contribution is 2.75. The largest absolute Gasteiger partial charge is 0.519 e. The molecule has 0 aromatic carbocycles. The summed E-state index contributed by atoms with van der Waals surface area (Å²) in [5.41, 5.74) is -2.87. The first-order chi connectivity index (χ1) is 23.6. The topological polar surface area (TPSA) is 188 Å². The Labute approximate surface area is 300 Å². The maximum absolute atomic E-state index is 14.8. The quantitative estimate of drug-likeness (QED) is 0.230. The number of rotatable bonds is 8. The second-order valence-electron chi connectivity index (χ2n) is 17.6. The van der Waals surface area contributed by atoms with E-state index in [-0.39, 0.29) is 59.3 Å². The Bertz CT molecular complexity index is 1760. The van der Waals surface area contributed by atoms with Crippen LogP contribution >= 0.6 is 0 Å². The van der Waals surface area contributed by atoms with Crippen LogP contribution in [-0.4, -0.2) is 49.4 Å². The molecule has 1 aromatic rings. The number of hydrogen-bond acceptors (Lipinski definition) is 10. The van der Waals surface area contributed by atoms with Crippen LogP contribution in [0.2, 0.25) is 0 Å². The number of aryl methyl sites for hydroxylation is 1. The molecule has 0 bridgehead atoms. The molecule has 4 fully saturated rings. The summed E-state index contributed by atoms with van der Waals surface area (Å²) >= 11 is -2.20. The van der Waals surface area contributed by atoms with Crippen molar-refractivity contribution in [2.45, 2.75) is 125 Å². The van der Waals surface area contributed by atoms with E-state index in [4.69, 9.17) is 18.3 Å². The van der Waals surface area contributed by atoms with Crippen LogP contribution in [0.5, 0.6) is 0 Å². The fourth-order valence-electron chi connectivity index (χ4n) is 11.7. The number of carbonyl (C=O) groups is 4. The standard InChI is InChI=1S/C38H52O12S/c1-21-25(49-32(44)48-21)20-47-31(43)38(7)26-8-12-37(6)29(35(26,4)11-9-27(38)50-28(40)10-17-51(45)46)24(39)18-22-23-19-34(3,30(41)42)14-13-33(23,2)15-16-36(22,37)5/h18,23,26-27,29H,8-17,19-20H2,1-7H3,(H,41,42)(H,45,46)/t23-,26+,27-,29+,33+,34-,35-,36+,37+,38-/m0/s1. The van der Waals surface area contributed by atoms with E-state index in [1.165, 1.54) is 6.92 Å². The van der Waals surface area contributed by atoms with Crippen LogP contribution in [0, 0.1) is 57.2 Å². The summed E-state index contributed by atoms with van der Waals surface area (Å²) in [6.45, 7) is 13.5. The van der Waals surface area contributed by atoms with Gasteiger partial charge >= 0.3 is 23.7 Å². The Hall–Kier alpha value is -3.06. The number of allylic oxidation sites excluding steroid dienone is 2. The summed E-state index contributed by atoms with van der Waals surface area (Å²) < 4.78 is 42.3. The number of hydrogen-bond donors (Lipinski definition) is 2. The number of ketones is 1. The molecule has 282 valence electrons. The third kappa shape index (κ3) is 5.70. The molecule has 0 aliphatic heterocycles. The molecule has 0 spiro atoms. The van der Waals surface area contributed by atoms with Crippen LogP contribution in [0.1, 0.15) is 117 Å². The molecule has 51 heavy (non-hydrogen) atoms. The van der Waals surface area contributed by atoms with E-state index < -0.39 is 74.4 Å². The number of esters is 2. The lowest BCUT2D eigenvalue weighted by Gasteiger charge is -2.70. The molecule has 12 nitrogen and oxygen atoms in total. The van der Waals surface area contributed by atoms with Gasteiger partial charge in [0.05, 0.1) is 17.6 Å². The summed E-state index contributed by atoms with van der Waals surface area (Å²) in [7, 11) is 0. The molecular weight excluding hydrogens is 680 g/mol. The van der Waals surface area contributed by atoms with Crippen molar-refractivity contribution < 1.29 is 51.4 Å². The summed E-state index contributed by atoms with van der Waals surface area (Å²) in [4.78, 5) is 66.3. The van der Waals surface area contributed by atoms with E-state index in [9.17, 15) is 37.8 Å². The van der Waals surface area contributed by atoms with Crippen molar-refractivity contribution in [3.05, 3.63) is 33.8 Å². The normalized spacial score (nSPS) is 42.3. The van der Waals surface area contributed by atoms with Gasteiger partial charge in [0.15, 0.2) is 35.0 Å². The van der Waals surface area contributed by atoms with E-state index >= 15 is 0 Å². The lowest BCUT2D eigenvalue weighted by molar-refractivity contribution is -0.224. The fourth-order valence-corrected chi connectivity index (χ4v) is 12.0. The van der Waals surface area contributed by atoms with Crippen LogP contribution in [0.25, 0.3) is 0 Å². The molecule has 0 saturated heterocycles. The summed E-state index contributed by atoms with van der Waals surface area (Å²) in [5.74, 6) is -4.11. The average Bonchev–Trinajstić information content (AvgIpc) is 3.38. The molecule has 1 heterocycles. The molecule has 6 rings (SSSR count). The molecule has 0 amide bonds. The maximum atomic E-state index is 14.8. The predicted octanol–water partition coefficient (Wildman–Crippen LogP) is 6.15. The smallest absolute Gasteiger partial charge is 0.481 e. The first-order valence-corrected chi connectivity index (χ1v) is 19.5. The van der Waals surface area contributed by atoms with Crippen LogP contribution < -0.4 is 5.82 Å². The van der Waals surface area contributed by atoms with E-state index in [0.29, 0.717) is 32.1 Å². The maximum Gasteiger partial charge on any atom is 0.519 e. The summed E-state index contributed by atoms with van der Waals surface area (Å²) in [6.07, 6.45) is 6.20. The molecule has 1 unspecified atom stereocenters. The monoisotopic (exact) mass is 732 g/mol. The Balaban J connectivity index is 1.38. The van der Waals surface area contributed by atoms with E-state index in [0.717, 1.165) is 24.8 Å². The van der Waals surface area contributed by atoms with Gasteiger partial charge < -0.3 is 28.0 Å². The van der Waals surface area contributed by atoms with Crippen LogP contribution in [0.4, 0.5) is 0 Å². The fraction of sp³-hybridized carbons (Fsp3) is 0.763. The molecule has 11 atom stereocenters. The predicted molar refractivity (Wildman–Crippen MR) is 183 cm³/mol. The van der Waals surface area contributed by atoms with E-state index in [1.807, 2.05) is 13.0 Å². The zero-order chi connectivity index (χ0) is 37.5. The number of fused-ring (bicyclic) bond motifs is 7. The minimum atomic E-state index is -2.20. The van der Waals surface area contributed by atoms with E-state index in [1.54, 1.807) is 6.92 Å². The SMILES string of the molecule is Cc1oc(=O)oc1COC(=O)[C@]1(C)[C@@H](OC(=O)CCS(=O)O)CC[C@@]2(C)[C@H]1CC[C@]1(C)[C@@H]2C(=O)C=C2[C@@H]3C[C@@](C)(C(=O)O)CC[C@]3(C)CC[C@]21C. The van der Waals surface area contributed by atoms with E-state index in [2.05, 4.69) is 27.7 Å². The van der Waals surface area contributed by atoms with Crippen LogP contribution in [0.15, 0.2) is 25.3 Å². The Morgan fingerprint density at radius 2 is 1.65 bits per heavy atom. The molecule has 0 radical (unpaired) electrons. The highest BCUT2D eigenvalue weighted by atomic mass is 32.2. The van der Waals surface area contributed by atoms with Crippen molar-refractivity contribution in [1.82, 2.24) is 0 Å². The van der Waals surface area contributed by atoms with Crippen molar-refractivity contribution in [3.8, 4) is 0 Å². The summed E-state index contributed by atoms with van der Waals surface area (Å²) in [5, 5.41) is 10.2. The van der Waals surface area contributed by atoms with Crippen molar-refractivity contribution in [3.63, 3.8) is 0 Å². The number of aliphatic carboxylic acids is 1. The van der Waals surface area contributed by atoms with Crippen molar-refractivity contribution in [1.29, 1.82) is 0 Å². The molecule has 2 N–H and O–H groups in total. The van der Waals surface area contributed by atoms with Gasteiger partial charge in [-0.25, -0.2) is 9.00 Å². The van der Waals surface area contributed by atoms with Crippen molar-refractivity contribution in [2.24, 2.45) is 50.2 Å². The van der Waals surface area contributed by atoms with Gasteiger partial charge in [0, 0.05) is 5.92 Å². The lowest BCUT2D eigenvalue weighted by Crippen LogP contribution is -2.68. The number of carboxylic acid groups (broad SMARTS) is 1. The summed E-state index contributed by atoms with van der Waals surface area (Å²) in [6, 6.07) is 0. The highest BCUT2D eigenvalue weighted by Gasteiger charge is 2.72. The van der Waals surface area contributed by atoms with Crippen LogP contribution in [0.3, 0.4) is 0 Å². The zero-order valence-electron chi connectivity index (χ0n) is 30.8. The van der Waals surface area contributed by atoms with Crippen molar-refractivity contribution in [2.75, 3.05) is 5.75 Å². The van der Waals surface area contributed by atoms with Gasteiger partial charge in [0.2, 0.25) is 0 Å². The number of ether oxygens (including phenoxy) is 2. The minimum absolute atomic E-state index is 0.00332. The zero-order valence-corrected chi connectivity index (χ0v) is 31.6. The van der Waals surface area contributed by atoms with Gasteiger partial charge in [-0.1, -0.05) is 33.3 Å². The Morgan fingerprint density at radius 1 is 0.961 bits per heavy atom. The Kier molecular flexibility index (Phi) is 9.26. The third-order valence-corrected chi connectivity index (χ3v) is 15.6. The van der Waals surface area contributed by atoms with Gasteiger partial charge in [-0.05, 0) is 118 Å². The van der Waals surface area contributed by atoms with Crippen LogP contribution in [-0.2, 0) is 46.3 Å². The minimum Gasteiger partial charge on any atom is -0.481 e.